The van der Waals surface area contributed by atoms with Gasteiger partial charge in [-0.2, -0.15) is 5.48 Å². The lowest BCUT2D eigenvalue weighted by atomic mass is 9.92. The summed E-state index contributed by atoms with van der Waals surface area (Å²) in [6, 6.07) is 10.8. The van der Waals surface area contributed by atoms with Crippen LogP contribution < -0.4 is 5.48 Å². The summed E-state index contributed by atoms with van der Waals surface area (Å²) < 4.78 is 0. The number of allylic oxidation sites excluding steroid dienone is 2. The van der Waals surface area contributed by atoms with Crippen LogP contribution in [-0.2, 0) is 4.84 Å². The molecule has 0 heterocycles. The average Bonchev–Trinajstić information content (AvgIpc) is 3.01. The third-order valence-electron chi connectivity index (χ3n) is 3.98. The fraction of sp³-hybridized carbons (Fsp3) is 0.474. The predicted molar refractivity (Wildman–Crippen MR) is 88.7 cm³/mol. The molecule has 2 nitrogen and oxygen atoms in total. The van der Waals surface area contributed by atoms with Crippen molar-refractivity contribution >= 4 is 0 Å². The number of rotatable bonds is 8. The van der Waals surface area contributed by atoms with E-state index in [0.717, 1.165) is 12.8 Å². The monoisotopic (exact) mass is 285 g/mol. The maximum absolute atomic E-state index is 6.09. The highest BCUT2D eigenvalue weighted by Gasteiger charge is 2.23. The van der Waals surface area contributed by atoms with Crippen molar-refractivity contribution in [3.8, 4) is 0 Å². The fourth-order valence-corrected chi connectivity index (χ4v) is 2.73. The van der Waals surface area contributed by atoms with Gasteiger partial charge in [-0.3, -0.25) is 4.84 Å². The number of hydroxylamine groups is 1. The molecule has 2 heteroatoms. The highest BCUT2D eigenvalue weighted by molar-refractivity contribution is 5.20. The van der Waals surface area contributed by atoms with E-state index in [1.165, 1.54) is 5.56 Å². The Morgan fingerprint density at radius 3 is 2.33 bits per heavy atom. The molecule has 1 aromatic carbocycles. The highest BCUT2D eigenvalue weighted by atomic mass is 16.7. The normalized spacial score (nSPS) is 17.5. The topological polar surface area (TPSA) is 21.3 Å². The van der Waals surface area contributed by atoms with E-state index >= 15 is 0 Å². The van der Waals surface area contributed by atoms with Crippen LogP contribution in [-0.4, -0.2) is 6.04 Å². The van der Waals surface area contributed by atoms with E-state index in [0.29, 0.717) is 17.9 Å². The first kappa shape index (κ1) is 16.0. The Hall–Kier alpha value is -1.38. The van der Waals surface area contributed by atoms with Gasteiger partial charge in [0.05, 0.1) is 0 Å². The molecule has 0 spiro atoms. The minimum atomic E-state index is 0.117. The van der Waals surface area contributed by atoms with E-state index in [9.17, 15) is 0 Å². The summed E-state index contributed by atoms with van der Waals surface area (Å²) in [6.07, 6.45) is 10.9. The van der Waals surface area contributed by atoms with Crippen LogP contribution in [0.25, 0.3) is 0 Å². The molecule has 0 unspecified atom stereocenters. The third-order valence-corrected chi connectivity index (χ3v) is 3.98. The molecular formula is C19H27NO. The lowest BCUT2D eigenvalue weighted by Gasteiger charge is -2.28. The molecule has 1 N–H and O–H groups in total. The number of hydrogen-bond donors (Lipinski definition) is 1. The van der Waals surface area contributed by atoms with Crippen LogP contribution in [0.15, 0.2) is 54.6 Å². The van der Waals surface area contributed by atoms with E-state index in [1.54, 1.807) is 0 Å². The van der Waals surface area contributed by atoms with Gasteiger partial charge in [0.2, 0.25) is 0 Å². The summed E-state index contributed by atoms with van der Waals surface area (Å²) in [5.74, 6) is 0.934. The molecule has 114 valence electrons. The smallest absolute Gasteiger partial charge is 0.104 e. The zero-order valence-corrected chi connectivity index (χ0v) is 13.3. The summed E-state index contributed by atoms with van der Waals surface area (Å²) in [5.41, 5.74) is 4.58. The summed E-state index contributed by atoms with van der Waals surface area (Å²) in [5, 5.41) is 0. The first-order valence-electron chi connectivity index (χ1n) is 8.03. The first-order chi connectivity index (χ1) is 10.2. The van der Waals surface area contributed by atoms with Gasteiger partial charge < -0.3 is 0 Å². The van der Waals surface area contributed by atoms with Gasteiger partial charge in [-0.25, -0.2) is 0 Å². The quantitative estimate of drug-likeness (QED) is 0.692. The Morgan fingerprint density at radius 1 is 1.10 bits per heavy atom. The van der Waals surface area contributed by atoms with Crippen LogP contribution >= 0.6 is 0 Å². The van der Waals surface area contributed by atoms with Crippen LogP contribution in [0.3, 0.4) is 0 Å². The van der Waals surface area contributed by atoms with Crippen molar-refractivity contribution in [1.29, 1.82) is 0 Å². The highest BCUT2D eigenvalue weighted by Crippen LogP contribution is 2.24. The molecule has 2 rings (SSSR count). The molecule has 0 aromatic heterocycles. The van der Waals surface area contributed by atoms with Crippen LogP contribution in [0.5, 0.6) is 0 Å². The van der Waals surface area contributed by atoms with Gasteiger partial charge in [0.15, 0.2) is 0 Å². The Labute approximate surface area is 128 Å². The second-order valence-corrected chi connectivity index (χ2v) is 6.04. The molecule has 1 aliphatic rings. The fourth-order valence-electron chi connectivity index (χ4n) is 2.73. The maximum Gasteiger partial charge on any atom is 0.104 e. The second kappa shape index (κ2) is 8.16. The van der Waals surface area contributed by atoms with Gasteiger partial charge in [-0.1, -0.05) is 81.8 Å². The molecule has 0 aliphatic heterocycles. The third kappa shape index (κ3) is 4.55. The number of benzene rings is 1. The molecule has 1 aromatic rings. The van der Waals surface area contributed by atoms with Gasteiger partial charge in [-0.15, -0.1) is 0 Å². The van der Waals surface area contributed by atoms with E-state index in [4.69, 9.17) is 4.84 Å². The van der Waals surface area contributed by atoms with Gasteiger partial charge in [0.25, 0.3) is 0 Å². The molecule has 0 amide bonds. The molecular weight excluding hydrogens is 258 g/mol. The summed E-state index contributed by atoms with van der Waals surface area (Å²) in [7, 11) is 0. The maximum atomic E-state index is 6.09. The largest absolute Gasteiger partial charge is 0.293 e. The predicted octanol–water partition coefficient (Wildman–Crippen LogP) is 4.82. The van der Waals surface area contributed by atoms with Crippen molar-refractivity contribution in [2.24, 2.45) is 11.8 Å². The van der Waals surface area contributed by atoms with Crippen LogP contribution in [0.2, 0.25) is 0 Å². The number of hydrogen-bond acceptors (Lipinski definition) is 2. The minimum absolute atomic E-state index is 0.117. The molecule has 0 bridgehead atoms. The summed E-state index contributed by atoms with van der Waals surface area (Å²) >= 11 is 0. The van der Waals surface area contributed by atoms with Crippen molar-refractivity contribution in [2.75, 3.05) is 0 Å². The van der Waals surface area contributed by atoms with Crippen molar-refractivity contribution in [2.45, 2.75) is 45.8 Å². The Morgan fingerprint density at radius 2 is 1.76 bits per heavy atom. The van der Waals surface area contributed by atoms with Gasteiger partial charge in [0.1, 0.15) is 6.10 Å². The lowest BCUT2D eigenvalue weighted by molar-refractivity contribution is -0.0619. The second-order valence-electron chi connectivity index (χ2n) is 6.04. The summed E-state index contributed by atoms with van der Waals surface area (Å²) in [4.78, 5) is 6.09. The van der Waals surface area contributed by atoms with E-state index < -0.39 is 0 Å². The van der Waals surface area contributed by atoms with Crippen LogP contribution in [0, 0.1) is 11.8 Å². The molecule has 1 aliphatic carbocycles. The molecule has 2 atom stereocenters. The average molecular weight is 285 g/mol. The number of nitrogens with one attached hydrogen (secondary N) is 1. The Kier molecular flexibility index (Phi) is 6.21. The van der Waals surface area contributed by atoms with Crippen molar-refractivity contribution in [3.63, 3.8) is 0 Å². The molecule has 0 saturated heterocycles. The first-order valence-corrected chi connectivity index (χ1v) is 8.03. The molecule has 0 fully saturated rings. The van der Waals surface area contributed by atoms with Crippen molar-refractivity contribution in [3.05, 3.63) is 60.2 Å². The zero-order chi connectivity index (χ0) is 15.1. The SMILES string of the molecule is CCC[C@H](ON[C@@H](C(C)C)C1C=CC=C1)c1ccccc1. The van der Waals surface area contributed by atoms with Crippen LogP contribution in [0.4, 0.5) is 0 Å². The zero-order valence-electron chi connectivity index (χ0n) is 13.3. The van der Waals surface area contributed by atoms with Gasteiger partial charge in [-0.05, 0) is 17.9 Å². The minimum Gasteiger partial charge on any atom is -0.293 e. The molecule has 0 saturated carbocycles. The van der Waals surface area contributed by atoms with Crippen molar-refractivity contribution < 1.29 is 4.84 Å². The van der Waals surface area contributed by atoms with Crippen LogP contribution in [0.1, 0.15) is 45.3 Å². The van der Waals surface area contributed by atoms with Crippen molar-refractivity contribution in [1.82, 2.24) is 5.48 Å². The Balaban J connectivity index is 1.99. The van der Waals surface area contributed by atoms with E-state index in [2.05, 4.69) is 74.8 Å². The Bertz CT molecular complexity index is 452. The lowest BCUT2D eigenvalue weighted by Crippen LogP contribution is -2.39. The molecule has 0 radical (unpaired) electrons. The summed E-state index contributed by atoms with van der Waals surface area (Å²) in [6.45, 7) is 6.67. The van der Waals surface area contributed by atoms with E-state index in [1.807, 2.05) is 6.07 Å². The standard InChI is InChI=1S/C19H27NO/c1-4-10-18(16-11-6-5-7-12-16)21-20-19(15(2)3)17-13-8-9-14-17/h5-9,11-15,17-20H,4,10H2,1-3H3/t18-,19-/m0/s1. The molecule has 21 heavy (non-hydrogen) atoms. The van der Waals surface area contributed by atoms with E-state index in [-0.39, 0.29) is 6.10 Å². The van der Waals surface area contributed by atoms with Gasteiger partial charge >= 0.3 is 0 Å². The van der Waals surface area contributed by atoms with Gasteiger partial charge in [0, 0.05) is 12.0 Å².